The smallest absolute Gasteiger partial charge is 0.327 e. The van der Waals surface area contributed by atoms with Gasteiger partial charge in [-0.3, -0.25) is 9.59 Å². The van der Waals surface area contributed by atoms with Gasteiger partial charge in [0.1, 0.15) is 6.04 Å². The van der Waals surface area contributed by atoms with Crippen molar-refractivity contribution in [1.29, 1.82) is 0 Å². The molecule has 0 amide bonds. The molecule has 0 fully saturated rings. The number of rotatable bonds is 11. The number of nitrogens with one attached hydrogen (secondary N) is 1. The molecule has 1 aromatic heterocycles. The Kier molecular flexibility index (Phi) is 8.73. The van der Waals surface area contributed by atoms with Gasteiger partial charge >= 0.3 is 5.97 Å². The molecule has 0 saturated carbocycles. The van der Waals surface area contributed by atoms with Gasteiger partial charge in [-0.25, -0.2) is 8.42 Å². The van der Waals surface area contributed by atoms with Crippen LogP contribution in [0.2, 0.25) is 0 Å². The molecule has 0 unspecified atom stereocenters. The average Bonchev–Trinajstić information content (AvgIpc) is 3.02. The summed E-state index contributed by atoms with van der Waals surface area (Å²) in [6, 6.07) is 6.16. The van der Waals surface area contributed by atoms with E-state index < -0.39 is 40.5 Å². The van der Waals surface area contributed by atoms with Gasteiger partial charge in [0.25, 0.3) is 0 Å². The maximum absolute atomic E-state index is 12.6. The molecule has 2 rings (SSSR count). The number of ether oxygens (including phenoxy) is 2. The first-order valence-corrected chi connectivity index (χ1v) is 11.6. The lowest BCUT2D eigenvalue weighted by atomic mass is 10.1. The van der Waals surface area contributed by atoms with E-state index in [0.717, 1.165) is 11.3 Å². The van der Waals surface area contributed by atoms with Crippen molar-refractivity contribution in [2.75, 3.05) is 20.3 Å². The second kappa shape index (κ2) is 10.9. The van der Waals surface area contributed by atoms with Crippen molar-refractivity contribution in [2.45, 2.75) is 51.3 Å². The summed E-state index contributed by atoms with van der Waals surface area (Å²) < 4.78 is 39.4. The third kappa shape index (κ3) is 6.26. The van der Waals surface area contributed by atoms with Crippen molar-refractivity contribution in [3.8, 4) is 0 Å². The fourth-order valence-corrected chi connectivity index (χ4v) is 4.47. The van der Waals surface area contributed by atoms with Gasteiger partial charge < -0.3 is 19.1 Å². The van der Waals surface area contributed by atoms with E-state index >= 15 is 0 Å². The number of nitrogens with zero attached hydrogens (tertiary/aromatic N) is 1. The minimum Gasteiger partial charge on any atom is -0.456 e. The highest BCUT2D eigenvalue weighted by Crippen LogP contribution is 2.16. The van der Waals surface area contributed by atoms with E-state index in [2.05, 4.69) is 4.72 Å². The van der Waals surface area contributed by atoms with Crippen LogP contribution < -0.4 is 4.72 Å². The zero-order chi connectivity index (χ0) is 24.1. The van der Waals surface area contributed by atoms with Crippen LogP contribution in [0.15, 0.2) is 35.2 Å². The van der Waals surface area contributed by atoms with Gasteiger partial charge in [-0.2, -0.15) is 4.72 Å². The van der Waals surface area contributed by atoms with Crippen molar-refractivity contribution in [1.82, 2.24) is 9.29 Å². The predicted octanol–water partition coefficient (Wildman–Crippen LogP) is 1.51. The van der Waals surface area contributed by atoms with Crippen LogP contribution in [0.5, 0.6) is 0 Å². The maximum Gasteiger partial charge on any atom is 0.327 e. The molecule has 176 valence electrons. The topological polar surface area (TPSA) is 124 Å². The second-order valence-corrected chi connectivity index (χ2v) is 9.33. The molecule has 2 atom stereocenters. The van der Waals surface area contributed by atoms with Crippen LogP contribution in [-0.2, 0) is 30.8 Å². The van der Waals surface area contributed by atoms with Crippen LogP contribution in [0.3, 0.4) is 0 Å². The van der Waals surface area contributed by atoms with E-state index in [1.165, 1.54) is 19.1 Å². The molecule has 0 spiro atoms. The van der Waals surface area contributed by atoms with Crippen molar-refractivity contribution in [3.05, 3.63) is 52.8 Å². The fourth-order valence-electron chi connectivity index (χ4n) is 3.21. The number of hydrogen-bond donors (Lipinski definition) is 2. The van der Waals surface area contributed by atoms with E-state index in [0.29, 0.717) is 24.4 Å². The highest BCUT2D eigenvalue weighted by molar-refractivity contribution is 7.89. The van der Waals surface area contributed by atoms with Crippen molar-refractivity contribution in [2.24, 2.45) is 0 Å². The molecule has 0 aliphatic heterocycles. The number of aromatic nitrogens is 1. The van der Waals surface area contributed by atoms with Gasteiger partial charge in [-0.15, -0.1) is 0 Å². The third-order valence-electron chi connectivity index (χ3n) is 5.09. The molecule has 9 nitrogen and oxygen atoms in total. The van der Waals surface area contributed by atoms with E-state index in [9.17, 15) is 23.1 Å². The lowest BCUT2D eigenvalue weighted by molar-refractivity contribution is -0.147. The molecule has 0 aliphatic carbocycles. The molecule has 0 saturated heterocycles. The Labute approximate surface area is 188 Å². The summed E-state index contributed by atoms with van der Waals surface area (Å²) in [6.07, 6.45) is -1.38. The molecule has 2 aromatic rings. The normalized spacial score (nSPS) is 13.6. The van der Waals surface area contributed by atoms with Crippen molar-refractivity contribution in [3.63, 3.8) is 0 Å². The van der Waals surface area contributed by atoms with E-state index in [4.69, 9.17) is 9.47 Å². The van der Waals surface area contributed by atoms with Crippen LogP contribution in [0, 0.1) is 20.8 Å². The Morgan fingerprint density at radius 3 is 2.34 bits per heavy atom. The minimum absolute atomic E-state index is 0.0545. The Morgan fingerprint density at radius 1 is 1.16 bits per heavy atom. The summed E-state index contributed by atoms with van der Waals surface area (Å²) >= 11 is 0. The summed E-state index contributed by atoms with van der Waals surface area (Å²) in [5.41, 5.74) is 2.85. The van der Waals surface area contributed by atoms with E-state index in [1.807, 2.05) is 18.4 Å². The SMILES string of the molecule is COCCn1c(C)cc(C(=O)COC(=O)[C@H](NS(=O)(=O)c2ccc(C)cc2)[C@H](C)O)c1C. The number of carbonyl (C=O) groups is 2. The van der Waals surface area contributed by atoms with Crippen molar-refractivity contribution < 1.29 is 32.6 Å². The van der Waals surface area contributed by atoms with E-state index in [1.54, 1.807) is 32.2 Å². The number of aliphatic hydroxyl groups is 1. The summed E-state index contributed by atoms with van der Waals surface area (Å²) in [6.45, 7) is 7.19. The lowest BCUT2D eigenvalue weighted by Gasteiger charge is -2.20. The number of Topliss-reactive ketones (excluding diaryl/α,β-unsaturated/α-hetero) is 1. The molecular formula is C22H30N2O7S. The fraction of sp³-hybridized carbons (Fsp3) is 0.455. The number of ketones is 1. The van der Waals surface area contributed by atoms with E-state index in [-0.39, 0.29) is 4.90 Å². The summed E-state index contributed by atoms with van der Waals surface area (Å²) in [7, 11) is -2.50. The Balaban J connectivity index is 2.09. The number of carbonyl (C=O) groups excluding carboxylic acids is 2. The predicted molar refractivity (Wildman–Crippen MR) is 118 cm³/mol. The molecular weight excluding hydrogens is 436 g/mol. The van der Waals surface area contributed by atoms with Gasteiger partial charge in [0.15, 0.2) is 6.61 Å². The number of methoxy groups -OCH3 is 1. The molecule has 1 heterocycles. The summed E-state index contributed by atoms with van der Waals surface area (Å²) in [5, 5.41) is 9.96. The molecule has 10 heteroatoms. The quantitative estimate of drug-likeness (QED) is 0.380. The van der Waals surface area contributed by atoms with Gasteiger partial charge in [0.05, 0.1) is 17.6 Å². The molecule has 0 bridgehead atoms. The van der Waals surface area contributed by atoms with Gasteiger partial charge in [0, 0.05) is 30.6 Å². The average molecular weight is 467 g/mol. The summed E-state index contributed by atoms with van der Waals surface area (Å²) in [5.74, 6) is -1.47. The number of hydrogen-bond acceptors (Lipinski definition) is 7. The molecule has 1 aromatic carbocycles. The van der Waals surface area contributed by atoms with Crippen LogP contribution in [0.1, 0.15) is 34.2 Å². The third-order valence-corrected chi connectivity index (χ3v) is 6.55. The zero-order valence-corrected chi connectivity index (χ0v) is 19.7. The molecule has 32 heavy (non-hydrogen) atoms. The van der Waals surface area contributed by atoms with Gasteiger partial charge in [0.2, 0.25) is 15.8 Å². The molecule has 2 N–H and O–H groups in total. The molecule has 0 radical (unpaired) electrons. The Bertz CT molecular complexity index is 1060. The second-order valence-electron chi connectivity index (χ2n) is 7.61. The van der Waals surface area contributed by atoms with Crippen molar-refractivity contribution >= 4 is 21.8 Å². The number of esters is 1. The maximum atomic E-state index is 12.6. The standard InChI is InChI=1S/C22H30N2O7S/c1-14-6-8-18(9-7-14)32(28,29)23-21(17(4)25)22(27)31-13-20(26)19-12-15(2)24(16(19)3)10-11-30-5/h6-9,12,17,21,23,25H,10-11,13H2,1-5H3/t17-,21+/m0/s1. The number of benzene rings is 1. The first-order chi connectivity index (χ1) is 15.0. The number of aliphatic hydroxyl groups excluding tert-OH is 1. The van der Waals surface area contributed by atoms with Crippen LogP contribution in [0.4, 0.5) is 0 Å². The Morgan fingerprint density at radius 2 is 1.78 bits per heavy atom. The first kappa shape index (κ1) is 25.7. The van der Waals surface area contributed by atoms with Crippen LogP contribution >= 0.6 is 0 Å². The van der Waals surface area contributed by atoms with Crippen LogP contribution in [0.25, 0.3) is 0 Å². The molecule has 0 aliphatic rings. The van der Waals surface area contributed by atoms with Gasteiger partial charge in [-0.05, 0) is 45.9 Å². The summed E-state index contributed by atoms with van der Waals surface area (Å²) in [4.78, 5) is 25.1. The van der Waals surface area contributed by atoms with Crippen LogP contribution in [-0.4, -0.2) is 62.3 Å². The highest BCUT2D eigenvalue weighted by atomic mass is 32.2. The zero-order valence-electron chi connectivity index (χ0n) is 18.9. The number of sulfonamides is 1. The minimum atomic E-state index is -4.09. The lowest BCUT2D eigenvalue weighted by Crippen LogP contribution is -2.48. The first-order valence-electron chi connectivity index (χ1n) is 10.1. The Hall–Kier alpha value is -2.53. The highest BCUT2D eigenvalue weighted by Gasteiger charge is 2.31. The monoisotopic (exact) mass is 466 g/mol. The number of aryl methyl sites for hydroxylation is 2. The largest absolute Gasteiger partial charge is 0.456 e. The van der Waals surface area contributed by atoms with Gasteiger partial charge in [-0.1, -0.05) is 17.7 Å².